The van der Waals surface area contributed by atoms with Gasteiger partial charge >= 0.3 is 0 Å². The van der Waals surface area contributed by atoms with Crippen LogP contribution in [0.4, 0.5) is 5.69 Å². The van der Waals surface area contributed by atoms with Crippen LogP contribution >= 0.6 is 11.6 Å². The number of carbonyl (C=O) groups excluding carboxylic acids is 1. The number of aryl methyl sites for hydroxylation is 1. The van der Waals surface area contributed by atoms with Crippen LogP contribution in [0.3, 0.4) is 0 Å². The van der Waals surface area contributed by atoms with E-state index in [1.165, 1.54) is 14.2 Å². The zero-order chi connectivity index (χ0) is 19.3. The van der Waals surface area contributed by atoms with Crippen LogP contribution in [-0.2, 0) is 4.79 Å². The number of nitrogens with one attached hydrogen (secondary N) is 1. The van der Waals surface area contributed by atoms with E-state index >= 15 is 0 Å². The van der Waals surface area contributed by atoms with Crippen LogP contribution < -0.4 is 19.5 Å². The summed E-state index contributed by atoms with van der Waals surface area (Å²) < 4.78 is 16.1. The lowest BCUT2D eigenvalue weighted by molar-refractivity contribution is -0.122. The summed E-state index contributed by atoms with van der Waals surface area (Å²) >= 11 is 6.07. The maximum atomic E-state index is 12.5. The number of rotatable bonds is 6. The minimum atomic E-state index is -0.808. The summed E-state index contributed by atoms with van der Waals surface area (Å²) in [6, 6.07) is 10.1. The molecule has 0 aliphatic heterocycles. The van der Waals surface area contributed by atoms with E-state index in [1.807, 2.05) is 13.0 Å². The van der Waals surface area contributed by atoms with Gasteiger partial charge in [-0.3, -0.25) is 4.79 Å². The Kier molecular flexibility index (Phi) is 6.31. The Morgan fingerprint density at radius 1 is 1.15 bits per heavy atom. The minimum Gasteiger partial charge on any atom is -0.495 e. The molecule has 0 heterocycles. The molecule has 0 aliphatic rings. The van der Waals surface area contributed by atoms with Gasteiger partial charge in [-0.05, 0) is 37.6 Å². The van der Waals surface area contributed by atoms with Crippen molar-refractivity contribution in [3.8, 4) is 23.3 Å². The van der Waals surface area contributed by atoms with Crippen molar-refractivity contribution in [3.05, 3.63) is 46.5 Å². The molecule has 0 aliphatic carbocycles. The normalized spacial score (nSPS) is 11.2. The second-order valence-corrected chi connectivity index (χ2v) is 5.94. The average Bonchev–Trinajstić information content (AvgIpc) is 2.64. The summed E-state index contributed by atoms with van der Waals surface area (Å²) in [5.41, 5.74) is 1.75. The van der Waals surface area contributed by atoms with Crippen molar-refractivity contribution in [1.29, 1.82) is 5.26 Å². The zero-order valence-corrected chi connectivity index (χ0v) is 15.7. The second-order valence-electron chi connectivity index (χ2n) is 5.53. The largest absolute Gasteiger partial charge is 0.495 e. The summed E-state index contributed by atoms with van der Waals surface area (Å²) in [6.45, 7) is 3.45. The first-order valence-corrected chi connectivity index (χ1v) is 8.17. The van der Waals surface area contributed by atoms with Gasteiger partial charge in [0.05, 0.1) is 31.5 Å². The van der Waals surface area contributed by atoms with Crippen LogP contribution in [0, 0.1) is 18.3 Å². The van der Waals surface area contributed by atoms with Crippen LogP contribution in [-0.4, -0.2) is 26.2 Å². The van der Waals surface area contributed by atoms with Gasteiger partial charge in [-0.15, -0.1) is 0 Å². The van der Waals surface area contributed by atoms with E-state index in [0.29, 0.717) is 33.5 Å². The second kappa shape index (κ2) is 8.45. The highest BCUT2D eigenvalue weighted by molar-refractivity contribution is 6.31. The summed E-state index contributed by atoms with van der Waals surface area (Å²) in [6.07, 6.45) is -0.808. The Morgan fingerprint density at radius 2 is 1.85 bits per heavy atom. The number of amides is 1. The molecule has 1 amide bonds. The molecule has 0 aromatic heterocycles. The Labute approximate surface area is 157 Å². The highest BCUT2D eigenvalue weighted by Gasteiger charge is 2.19. The summed E-state index contributed by atoms with van der Waals surface area (Å²) in [4.78, 5) is 12.5. The number of methoxy groups -OCH3 is 2. The predicted octanol–water partition coefficient (Wildman–Crippen LogP) is 3.94. The van der Waals surface area contributed by atoms with Crippen LogP contribution in [0.15, 0.2) is 30.3 Å². The van der Waals surface area contributed by atoms with Crippen molar-refractivity contribution in [3.63, 3.8) is 0 Å². The molecule has 1 atom stereocenters. The average molecular weight is 375 g/mol. The van der Waals surface area contributed by atoms with Crippen LogP contribution in [0.2, 0.25) is 5.02 Å². The van der Waals surface area contributed by atoms with Gasteiger partial charge in [0.15, 0.2) is 17.6 Å². The molecule has 7 heteroatoms. The third-order valence-corrected chi connectivity index (χ3v) is 4.11. The molecule has 0 fully saturated rings. The molecular formula is C19H19ClN2O4. The van der Waals surface area contributed by atoms with Crippen molar-refractivity contribution in [2.45, 2.75) is 20.0 Å². The lowest BCUT2D eigenvalue weighted by Gasteiger charge is -2.18. The quantitative estimate of drug-likeness (QED) is 0.828. The van der Waals surface area contributed by atoms with Gasteiger partial charge in [0, 0.05) is 17.2 Å². The minimum absolute atomic E-state index is 0.364. The third-order valence-electron chi connectivity index (χ3n) is 3.70. The van der Waals surface area contributed by atoms with Crippen LogP contribution in [0.5, 0.6) is 17.2 Å². The summed E-state index contributed by atoms with van der Waals surface area (Å²) in [5, 5.41) is 12.3. The van der Waals surface area contributed by atoms with Crippen LogP contribution in [0.25, 0.3) is 0 Å². The fourth-order valence-electron chi connectivity index (χ4n) is 2.24. The number of benzene rings is 2. The molecule has 0 radical (unpaired) electrons. The Morgan fingerprint density at radius 3 is 2.46 bits per heavy atom. The molecule has 1 N–H and O–H groups in total. The maximum Gasteiger partial charge on any atom is 0.265 e. The molecule has 6 nitrogen and oxygen atoms in total. The van der Waals surface area contributed by atoms with Crippen molar-refractivity contribution >= 4 is 23.2 Å². The van der Waals surface area contributed by atoms with Gasteiger partial charge in [-0.1, -0.05) is 11.6 Å². The summed E-state index contributed by atoms with van der Waals surface area (Å²) in [5.74, 6) is 0.838. The number of anilines is 1. The molecular weight excluding hydrogens is 356 g/mol. The monoisotopic (exact) mass is 374 g/mol. The fourth-order valence-corrected chi connectivity index (χ4v) is 2.40. The number of nitrogens with zero attached hydrogens (tertiary/aromatic N) is 1. The third kappa shape index (κ3) is 4.38. The molecule has 0 spiro atoms. The van der Waals surface area contributed by atoms with E-state index in [4.69, 9.17) is 31.1 Å². The first kappa shape index (κ1) is 19.4. The molecule has 26 heavy (non-hydrogen) atoms. The van der Waals surface area contributed by atoms with Crippen LogP contribution in [0.1, 0.15) is 18.1 Å². The molecule has 0 saturated carbocycles. The number of nitriles is 1. The van der Waals surface area contributed by atoms with Gasteiger partial charge in [0.1, 0.15) is 5.75 Å². The van der Waals surface area contributed by atoms with E-state index in [-0.39, 0.29) is 5.91 Å². The number of hydrogen-bond acceptors (Lipinski definition) is 5. The van der Waals surface area contributed by atoms with Gasteiger partial charge in [-0.25, -0.2) is 0 Å². The molecule has 0 saturated heterocycles. The van der Waals surface area contributed by atoms with Crippen molar-refractivity contribution < 1.29 is 19.0 Å². The van der Waals surface area contributed by atoms with E-state index in [1.54, 1.807) is 37.3 Å². The Hall–Kier alpha value is -2.91. The number of halogens is 1. The molecule has 2 aromatic rings. The topological polar surface area (TPSA) is 80.6 Å². The van der Waals surface area contributed by atoms with Crippen molar-refractivity contribution in [2.75, 3.05) is 19.5 Å². The van der Waals surface area contributed by atoms with Gasteiger partial charge < -0.3 is 19.5 Å². The van der Waals surface area contributed by atoms with E-state index in [2.05, 4.69) is 5.32 Å². The predicted molar refractivity (Wildman–Crippen MR) is 99.2 cm³/mol. The maximum absolute atomic E-state index is 12.5. The molecule has 136 valence electrons. The fraction of sp³-hybridized carbons (Fsp3) is 0.263. The van der Waals surface area contributed by atoms with Gasteiger partial charge in [-0.2, -0.15) is 5.26 Å². The first-order valence-electron chi connectivity index (χ1n) is 7.79. The lowest BCUT2D eigenvalue weighted by atomic mass is 10.2. The van der Waals surface area contributed by atoms with E-state index in [9.17, 15) is 4.79 Å². The molecule has 2 rings (SSSR count). The number of hydrogen-bond donors (Lipinski definition) is 1. The standard InChI is InChI=1S/C19H19ClN2O4/c1-11-7-15(17(24-3)9-14(11)20)22-19(23)12(2)26-16-6-5-13(10-21)8-18(16)25-4/h5-9,12H,1-4H3,(H,22,23). The Bertz CT molecular complexity index is 861. The molecule has 1 unspecified atom stereocenters. The highest BCUT2D eigenvalue weighted by atomic mass is 35.5. The Balaban J connectivity index is 2.16. The van der Waals surface area contributed by atoms with E-state index in [0.717, 1.165) is 5.56 Å². The zero-order valence-electron chi connectivity index (χ0n) is 14.9. The smallest absolute Gasteiger partial charge is 0.265 e. The summed E-state index contributed by atoms with van der Waals surface area (Å²) in [7, 11) is 2.97. The SMILES string of the molecule is COc1cc(Cl)c(C)cc1NC(=O)C(C)Oc1ccc(C#N)cc1OC. The number of carbonyl (C=O) groups is 1. The molecule has 2 aromatic carbocycles. The highest BCUT2D eigenvalue weighted by Crippen LogP contribution is 2.32. The van der Waals surface area contributed by atoms with E-state index < -0.39 is 6.10 Å². The number of ether oxygens (including phenoxy) is 3. The van der Waals surface area contributed by atoms with Crippen molar-refractivity contribution in [2.24, 2.45) is 0 Å². The lowest BCUT2D eigenvalue weighted by Crippen LogP contribution is -2.30. The van der Waals surface area contributed by atoms with Gasteiger partial charge in [0.2, 0.25) is 0 Å². The van der Waals surface area contributed by atoms with Crippen molar-refractivity contribution in [1.82, 2.24) is 0 Å². The van der Waals surface area contributed by atoms with Gasteiger partial charge in [0.25, 0.3) is 5.91 Å². The molecule has 0 bridgehead atoms. The first-order chi connectivity index (χ1) is 12.4.